The first-order valence-electron chi connectivity index (χ1n) is 5.86. The second kappa shape index (κ2) is 6.14. The van der Waals surface area contributed by atoms with Crippen LogP contribution in [0.2, 0.25) is 0 Å². The standard InChI is InChI=1S/C14H16BrN3O/c1-9-3-10(5-12(15)4-9)14(18-16)11-6-13(19-2)8-17-7-11/h3-8,14,18H,16H2,1-2H3. The van der Waals surface area contributed by atoms with Gasteiger partial charge in [0.05, 0.1) is 19.3 Å². The molecule has 0 aliphatic carbocycles. The number of hydrazine groups is 1. The highest BCUT2D eigenvalue weighted by molar-refractivity contribution is 9.10. The Morgan fingerprint density at radius 1 is 1.21 bits per heavy atom. The maximum atomic E-state index is 5.69. The first kappa shape index (κ1) is 14.0. The largest absolute Gasteiger partial charge is 0.495 e. The van der Waals surface area contributed by atoms with Gasteiger partial charge in [-0.15, -0.1) is 0 Å². The van der Waals surface area contributed by atoms with E-state index in [2.05, 4.69) is 38.5 Å². The summed E-state index contributed by atoms with van der Waals surface area (Å²) in [6.45, 7) is 2.05. The van der Waals surface area contributed by atoms with Gasteiger partial charge in [-0.2, -0.15) is 0 Å². The Balaban J connectivity index is 2.43. The third kappa shape index (κ3) is 3.32. The molecule has 3 N–H and O–H groups in total. The van der Waals surface area contributed by atoms with Crippen LogP contribution in [0.15, 0.2) is 41.1 Å². The quantitative estimate of drug-likeness (QED) is 0.671. The fourth-order valence-corrected chi connectivity index (χ4v) is 2.65. The molecule has 100 valence electrons. The molecule has 0 amide bonds. The van der Waals surface area contributed by atoms with E-state index in [0.29, 0.717) is 5.75 Å². The van der Waals surface area contributed by atoms with Gasteiger partial charge in [-0.05, 0) is 41.8 Å². The minimum atomic E-state index is -0.126. The third-order valence-corrected chi connectivity index (χ3v) is 3.33. The number of nitrogens with zero attached hydrogens (tertiary/aromatic N) is 1. The van der Waals surface area contributed by atoms with E-state index in [-0.39, 0.29) is 6.04 Å². The number of methoxy groups -OCH3 is 1. The van der Waals surface area contributed by atoms with Crippen LogP contribution >= 0.6 is 15.9 Å². The average molecular weight is 322 g/mol. The molecule has 2 rings (SSSR count). The molecule has 0 aliphatic heterocycles. The van der Waals surface area contributed by atoms with Crippen molar-refractivity contribution in [3.8, 4) is 5.75 Å². The van der Waals surface area contributed by atoms with Crippen LogP contribution in [0.1, 0.15) is 22.7 Å². The van der Waals surface area contributed by atoms with Crippen molar-refractivity contribution in [2.24, 2.45) is 5.84 Å². The number of benzene rings is 1. The highest BCUT2D eigenvalue weighted by atomic mass is 79.9. The van der Waals surface area contributed by atoms with E-state index in [1.165, 1.54) is 5.56 Å². The first-order chi connectivity index (χ1) is 9.13. The minimum absolute atomic E-state index is 0.126. The molecule has 1 unspecified atom stereocenters. The van der Waals surface area contributed by atoms with Crippen molar-refractivity contribution in [1.82, 2.24) is 10.4 Å². The smallest absolute Gasteiger partial charge is 0.137 e. The molecule has 4 nitrogen and oxygen atoms in total. The van der Waals surface area contributed by atoms with Crippen molar-refractivity contribution in [1.29, 1.82) is 0 Å². The van der Waals surface area contributed by atoms with Gasteiger partial charge in [-0.1, -0.05) is 22.0 Å². The summed E-state index contributed by atoms with van der Waals surface area (Å²) < 4.78 is 6.22. The molecule has 19 heavy (non-hydrogen) atoms. The van der Waals surface area contributed by atoms with Gasteiger partial charge in [0.25, 0.3) is 0 Å². The van der Waals surface area contributed by atoms with E-state index >= 15 is 0 Å². The van der Waals surface area contributed by atoms with E-state index in [9.17, 15) is 0 Å². The van der Waals surface area contributed by atoms with E-state index in [1.807, 2.05) is 19.1 Å². The minimum Gasteiger partial charge on any atom is -0.495 e. The van der Waals surface area contributed by atoms with Crippen LogP contribution in [-0.4, -0.2) is 12.1 Å². The maximum absolute atomic E-state index is 5.69. The highest BCUT2D eigenvalue weighted by Crippen LogP contribution is 2.26. The topological polar surface area (TPSA) is 60.2 Å². The molecule has 1 heterocycles. The van der Waals surface area contributed by atoms with Crippen LogP contribution in [0, 0.1) is 6.92 Å². The van der Waals surface area contributed by atoms with Gasteiger partial charge >= 0.3 is 0 Å². The molecule has 0 spiro atoms. The number of ether oxygens (including phenoxy) is 1. The molecule has 5 heteroatoms. The maximum Gasteiger partial charge on any atom is 0.137 e. The Labute approximate surface area is 121 Å². The zero-order valence-electron chi connectivity index (χ0n) is 10.9. The van der Waals surface area contributed by atoms with Crippen LogP contribution < -0.4 is 16.0 Å². The Morgan fingerprint density at radius 3 is 2.63 bits per heavy atom. The van der Waals surface area contributed by atoms with Crippen LogP contribution in [0.5, 0.6) is 5.75 Å². The summed E-state index contributed by atoms with van der Waals surface area (Å²) in [5.41, 5.74) is 6.02. The summed E-state index contributed by atoms with van der Waals surface area (Å²) in [6.07, 6.45) is 3.45. The van der Waals surface area contributed by atoms with Crippen molar-refractivity contribution in [3.63, 3.8) is 0 Å². The predicted octanol–water partition coefficient (Wildman–Crippen LogP) is 2.71. The highest BCUT2D eigenvalue weighted by Gasteiger charge is 2.14. The molecule has 1 atom stereocenters. The number of nitrogens with one attached hydrogen (secondary N) is 1. The molecule has 0 saturated heterocycles. The van der Waals surface area contributed by atoms with E-state index in [4.69, 9.17) is 10.6 Å². The monoisotopic (exact) mass is 321 g/mol. The SMILES string of the molecule is COc1cncc(C(NN)c2cc(C)cc(Br)c2)c1. The summed E-state index contributed by atoms with van der Waals surface area (Å²) in [7, 11) is 1.62. The molecule has 1 aromatic heterocycles. The molecule has 0 bridgehead atoms. The van der Waals surface area contributed by atoms with Gasteiger partial charge in [0.1, 0.15) is 5.75 Å². The van der Waals surface area contributed by atoms with Gasteiger partial charge in [-0.3, -0.25) is 10.8 Å². The lowest BCUT2D eigenvalue weighted by molar-refractivity contribution is 0.411. The van der Waals surface area contributed by atoms with Crippen molar-refractivity contribution >= 4 is 15.9 Å². The van der Waals surface area contributed by atoms with Gasteiger partial charge in [-0.25, -0.2) is 5.43 Å². The van der Waals surface area contributed by atoms with Gasteiger partial charge in [0, 0.05) is 10.7 Å². The molecule has 2 aromatic rings. The van der Waals surface area contributed by atoms with Crippen molar-refractivity contribution in [2.45, 2.75) is 13.0 Å². The van der Waals surface area contributed by atoms with E-state index in [0.717, 1.165) is 15.6 Å². The zero-order chi connectivity index (χ0) is 13.8. The normalized spacial score (nSPS) is 12.2. The van der Waals surface area contributed by atoms with Crippen molar-refractivity contribution in [3.05, 3.63) is 57.8 Å². The molecule has 0 fully saturated rings. The van der Waals surface area contributed by atoms with E-state index in [1.54, 1.807) is 19.5 Å². The molecule has 1 aromatic carbocycles. The Morgan fingerprint density at radius 2 is 2.00 bits per heavy atom. The van der Waals surface area contributed by atoms with Crippen molar-refractivity contribution in [2.75, 3.05) is 7.11 Å². The number of halogens is 1. The average Bonchev–Trinajstić information content (AvgIpc) is 2.39. The summed E-state index contributed by atoms with van der Waals surface area (Å²) in [4.78, 5) is 4.16. The van der Waals surface area contributed by atoms with Crippen molar-refractivity contribution < 1.29 is 4.74 Å². The number of rotatable bonds is 4. The zero-order valence-corrected chi connectivity index (χ0v) is 12.4. The molecule has 0 saturated carbocycles. The number of hydrogen-bond acceptors (Lipinski definition) is 4. The van der Waals surface area contributed by atoms with Gasteiger partial charge in [0.2, 0.25) is 0 Å². The summed E-state index contributed by atoms with van der Waals surface area (Å²) in [5.74, 6) is 6.41. The predicted molar refractivity (Wildman–Crippen MR) is 78.8 cm³/mol. The number of aryl methyl sites for hydroxylation is 1. The summed E-state index contributed by atoms with van der Waals surface area (Å²) in [6, 6.07) is 7.99. The molecule has 0 aliphatic rings. The Hall–Kier alpha value is -1.43. The summed E-state index contributed by atoms with van der Waals surface area (Å²) in [5, 5.41) is 0. The second-order valence-corrected chi connectivity index (χ2v) is 5.24. The van der Waals surface area contributed by atoms with Crippen LogP contribution in [0.3, 0.4) is 0 Å². The number of nitrogens with two attached hydrogens (primary N) is 1. The Kier molecular flexibility index (Phi) is 4.52. The van der Waals surface area contributed by atoms with Crippen LogP contribution in [0.4, 0.5) is 0 Å². The van der Waals surface area contributed by atoms with Crippen LogP contribution in [0.25, 0.3) is 0 Å². The second-order valence-electron chi connectivity index (χ2n) is 4.32. The van der Waals surface area contributed by atoms with Gasteiger partial charge in [0.15, 0.2) is 0 Å². The number of pyridine rings is 1. The number of hydrogen-bond donors (Lipinski definition) is 2. The fraction of sp³-hybridized carbons (Fsp3) is 0.214. The number of aromatic nitrogens is 1. The lowest BCUT2D eigenvalue weighted by Gasteiger charge is -2.18. The van der Waals surface area contributed by atoms with E-state index < -0.39 is 0 Å². The molecular weight excluding hydrogens is 306 g/mol. The first-order valence-corrected chi connectivity index (χ1v) is 6.65. The van der Waals surface area contributed by atoms with Crippen LogP contribution in [-0.2, 0) is 0 Å². The Bertz CT molecular complexity index is 554. The fourth-order valence-electron chi connectivity index (χ4n) is 2.02. The molecule has 0 radical (unpaired) electrons. The lowest BCUT2D eigenvalue weighted by atomic mass is 9.99. The molecular formula is C14H16BrN3O. The van der Waals surface area contributed by atoms with Gasteiger partial charge < -0.3 is 4.74 Å². The lowest BCUT2D eigenvalue weighted by Crippen LogP contribution is -2.29. The summed E-state index contributed by atoms with van der Waals surface area (Å²) >= 11 is 3.50. The third-order valence-electron chi connectivity index (χ3n) is 2.87.